The molecule has 0 aliphatic heterocycles. The van der Waals surface area contributed by atoms with Crippen molar-refractivity contribution in [1.29, 1.82) is 0 Å². The van der Waals surface area contributed by atoms with Crippen LogP contribution in [0.1, 0.15) is 57.6 Å². The lowest BCUT2D eigenvalue weighted by atomic mass is 9.88. The molecule has 1 aromatic carbocycles. The maximum Gasteiger partial charge on any atom is 0.332 e. The van der Waals surface area contributed by atoms with Gasteiger partial charge < -0.3 is 5.11 Å². The fourth-order valence-corrected chi connectivity index (χ4v) is 4.11. The summed E-state index contributed by atoms with van der Waals surface area (Å²) in [5.41, 5.74) is 3.90. The molecule has 0 fully saturated rings. The summed E-state index contributed by atoms with van der Waals surface area (Å²) in [6.45, 7) is 8.77. The SMILES string of the molecule is CC(C)CCc1c(-c2ccccc2C(C)C)cnc2c1c(=O)n(CCCO)c(=O)n2C. The molecule has 0 spiro atoms. The van der Waals surface area contributed by atoms with E-state index >= 15 is 0 Å². The largest absolute Gasteiger partial charge is 0.396 e. The van der Waals surface area contributed by atoms with Crippen molar-refractivity contribution < 1.29 is 5.11 Å². The third kappa shape index (κ3) is 4.49. The van der Waals surface area contributed by atoms with Crippen molar-refractivity contribution in [3.05, 3.63) is 62.4 Å². The Balaban J connectivity index is 2.41. The van der Waals surface area contributed by atoms with Gasteiger partial charge in [-0.25, -0.2) is 9.78 Å². The number of aromatic nitrogens is 3. The molecular formula is C25H33N3O3. The van der Waals surface area contributed by atoms with E-state index in [0.29, 0.717) is 29.3 Å². The summed E-state index contributed by atoms with van der Waals surface area (Å²) in [5, 5.41) is 9.74. The van der Waals surface area contributed by atoms with Crippen LogP contribution in [0.5, 0.6) is 0 Å². The normalized spacial score (nSPS) is 11.7. The fourth-order valence-electron chi connectivity index (χ4n) is 4.11. The molecule has 2 aromatic heterocycles. The van der Waals surface area contributed by atoms with Crippen molar-refractivity contribution in [2.45, 2.75) is 59.4 Å². The van der Waals surface area contributed by atoms with Crippen LogP contribution < -0.4 is 11.2 Å². The molecule has 0 aliphatic carbocycles. The summed E-state index contributed by atoms with van der Waals surface area (Å²) >= 11 is 0. The van der Waals surface area contributed by atoms with E-state index in [4.69, 9.17) is 0 Å². The lowest BCUT2D eigenvalue weighted by Gasteiger charge is -2.19. The lowest BCUT2D eigenvalue weighted by Crippen LogP contribution is -2.40. The molecule has 0 amide bonds. The summed E-state index contributed by atoms with van der Waals surface area (Å²) in [6, 6.07) is 8.25. The predicted octanol–water partition coefficient (Wildman–Crippen LogP) is 3.86. The van der Waals surface area contributed by atoms with E-state index < -0.39 is 5.69 Å². The summed E-state index contributed by atoms with van der Waals surface area (Å²) in [5.74, 6) is 0.798. The van der Waals surface area contributed by atoms with Crippen LogP contribution >= 0.6 is 0 Å². The Bertz CT molecular complexity index is 1190. The Hall–Kier alpha value is -2.73. The van der Waals surface area contributed by atoms with Crippen molar-refractivity contribution in [2.75, 3.05) is 6.61 Å². The van der Waals surface area contributed by atoms with Gasteiger partial charge in [0.25, 0.3) is 5.56 Å². The number of hydrogen-bond acceptors (Lipinski definition) is 4. The zero-order valence-corrected chi connectivity index (χ0v) is 19.2. The molecule has 0 atom stereocenters. The highest BCUT2D eigenvalue weighted by Gasteiger charge is 2.21. The minimum Gasteiger partial charge on any atom is -0.396 e. The minimum absolute atomic E-state index is 0.0755. The maximum absolute atomic E-state index is 13.5. The van der Waals surface area contributed by atoms with Crippen molar-refractivity contribution in [3.8, 4) is 11.1 Å². The second-order valence-corrected chi connectivity index (χ2v) is 8.90. The molecule has 166 valence electrons. The first-order chi connectivity index (χ1) is 14.8. The molecule has 6 nitrogen and oxygen atoms in total. The van der Waals surface area contributed by atoms with Crippen LogP contribution in [0.3, 0.4) is 0 Å². The van der Waals surface area contributed by atoms with Gasteiger partial charge in [0.15, 0.2) is 0 Å². The van der Waals surface area contributed by atoms with Gasteiger partial charge in [-0.3, -0.25) is 13.9 Å². The zero-order chi connectivity index (χ0) is 22.7. The predicted molar refractivity (Wildman–Crippen MR) is 126 cm³/mol. The van der Waals surface area contributed by atoms with Gasteiger partial charge in [-0.2, -0.15) is 0 Å². The van der Waals surface area contributed by atoms with Gasteiger partial charge in [0.1, 0.15) is 5.65 Å². The third-order valence-corrected chi connectivity index (χ3v) is 5.85. The molecule has 0 saturated heterocycles. The monoisotopic (exact) mass is 423 g/mol. The van der Waals surface area contributed by atoms with Gasteiger partial charge in [-0.05, 0) is 47.8 Å². The zero-order valence-electron chi connectivity index (χ0n) is 19.2. The molecule has 31 heavy (non-hydrogen) atoms. The third-order valence-electron chi connectivity index (χ3n) is 5.85. The van der Waals surface area contributed by atoms with Crippen molar-refractivity contribution >= 4 is 11.0 Å². The standard InChI is InChI=1S/C25H33N3O3/c1-16(2)11-12-20-21(19-10-7-6-9-18(19)17(3)4)15-26-23-22(20)24(30)28(13-8-14-29)25(31)27(23)5/h6-7,9-10,15-17,29H,8,11-14H2,1-5H3. The van der Waals surface area contributed by atoms with E-state index in [1.54, 1.807) is 7.05 Å². The number of aliphatic hydroxyl groups excluding tert-OH is 1. The number of nitrogens with zero attached hydrogens (tertiary/aromatic N) is 3. The minimum atomic E-state index is -0.399. The highest BCUT2D eigenvalue weighted by Crippen LogP contribution is 2.34. The molecule has 0 radical (unpaired) electrons. The van der Waals surface area contributed by atoms with E-state index in [2.05, 4.69) is 44.8 Å². The molecule has 0 aliphatic rings. The van der Waals surface area contributed by atoms with Gasteiger partial charge in [0.05, 0.1) is 5.39 Å². The average molecular weight is 424 g/mol. The molecule has 0 bridgehead atoms. The van der Waals surface area contributed by atoms with Crippen molar-refractivity contribution in [1.82, 2.24) is 14.1 Å². The highest BCUT2D eigenvalue weighted by atomic mass is 16.3. The van der Waals surface area contributed by atoms with Gasteiger partial charge >= 0.3 is 5.69 Å². The summed E-state index contributed by atoms with van der Waals surface area (Å²) in [7, 11) is 1.65. The average Bonchev–Trinajstić information content (AvgIpc) is 2.75. The van der Waals surface area contributed by atoms with Crippen LogP contribution in [0.4, 0.5) is 0 Å². The Morgan fingerprint density at radius 2 is 1.77 bits per heavy atom. The van der Waals surface area contributed by atoms with E-state index in [0.717, 1.165) is 29.5 Å². The van der Waals surface area contributed by atoms with Crippen LogP contribution in [0, 0.1) is 5.92 Å². The molecule has 0 unspecified atom stereocenters. The van der Waals surface area contributed by atoms with E-state index in [1.165, 1.54) is 14.7 Å². The Labute approximate surface area is 183 Å². The number of aliphatic hydroxyl groups is 1. The van der Waals surface area contributed by atoms with Crippen LogP contribution in [-0.2, 0) is 20.0 Å². The van der Waals surface area contributed by atoms with Crippen LogP contribution in [-0.4, -0.2) is 25.8 Å². The smallest absolute Gasteiger partial charge is 0.332 e. The van der Waals surface area contributed by atoms with Crippen molar-refractivity contribution in [2.24, 2.45) is 13.0 Å². The van der Waals surface area contributed by atoms with E-state index in [-0.39, 0.29) is 18.7 Å². The number of pyridine rings is 1. The fraction of sp³-hybridized carbons (Fsp3) is 0.480. The van der Waals surface area contributed by atoms with Gasteiger partial charge in [0.2, 0.25) is 0 Å². The first-order valence-corrected chi connectivity index (χ1v) is 11.1. The highest BCUT2D eigenvalue weighted by molar-refractivity contribution is 5.87. The van der Waals surface area contributed by atoms with Crippen molar-refractivity contribution in [3.63, 3.8) is 0 Å². The molecule has 3 aromatic rings. The Morgan fingerprint density at radius 3 is 2.42 bits per heavy atom. The quantitative estimate of drug-likeness (QED) is 0.597. The lowest BCUT2D eigenvalue weighted by molar-refractivity contribution is 0.277. The number of hydrogen-bond donors (Lipinski definition) is 1. The molecule has 0 saturated carbocycles. The molecule has 2 heterocycles. The van der Waals surface area contributed by atoms with E-state index in [1.807, 2.05) is 18.3 Å². The summed E-state index contributed by atoms with van der Waals surface area (Å²) in [4.78, 5) is 30.9. The summed E-state index contributed by atoms with van der Waals surface area (Å²) < 4.78 is 2.68. The number of benzene rings is 1. The molecule has 1 N–H and O–H groups in total. The number of aryl methyl sites for hydroxylation is 2. The second kappa shape index (κ2) is 9.60. The van der Waals surface area contributed by atoms with Gasteiger partial charge in [-0.1, -0.05) is 52.0 Å². The molecular weight excluding hydrogens is 390 g/mol. The molecule has 6 heteroatoms. The Kier molecular flexibility index (Phi) is 7.11. The van der Waals surface area contributed by atoms with E-state index in [9.17, 15) is 14.7 Å². The van der Waals surface area contributed by atoms with Crippen LogP contribution in [0.2, 0.25) is 0 Å². The van der Waals surface area contributed by atoms with Gasteiger partial charge in [0, 0.05) is 32.0 Å². The maximum atomic E-state index is 13.5. The van der Waals surface area contributed by atoms with Gasteiger partial charge in [-0.15, -0.1) is 0 Å². The summed E-state index contributed by atoms with van der Waals surface area (Å²) in [6.07, 6.45) is 3.82. The number of rotatable bonds is 8. The van der Waals surface area contributed by atoms with Crippen LogP contribution in [0.25, 0.3) is 22.2 Å². The van der Waals surface area contributed by atoms with Crippen LogP contribution in [0.15, 0.2) is 40.1 Å². The second-order valence-electron chi connectivity index (χ2n) is 8.90. The number of fused-ring (bicyclic) bond motifs is 1. The Morgan fingerprint density at radius 1 is 1.06 bits per heavy atom. The first-order valence-electron chi connectivity index (χ1n) is 11.1. The molecule has 3 rings (SSSR count). The first kappa shape index (κ1) is 22.9. The topological polar surface area (TPSA) is 77.1 Å².